The second kappa shape index (κ2) is 5.94. The van der Waals surface area contributed by atoms with Gasteiger partial charge in [-0.1, -0.05) is 12.1 Å². The van der Waals surface area contributed by atoms with E-state index in [1.165, 1.54) is 11.1 Å². The molecule has 1 aromatic carbocycles. The molecule has 2 atom stereocenters. The molecule has 104 valence electrons. The number of rotatable bonds is 4. The first-order valence-corrected chi connectivity index (χ1v) is 6.84. The van der Waals surface area contributed by atoms with Crippen molar-refractivity contribution in [1.29, 1.82) is 5.26 Å². The van der Waals surface area contributed by atoms with Crippen LogP contribution in [0.3, 0.4) is 0 Å². The van der Waals surface area contributed by atoms with Crippen LogP contribution in [0.25, 0.3) is 0 Å². The van der Waals surface area contributed by atoms with Gasteiger partial charge in [-0.05, 0) is 51.5 Å². The molecule has 1 aromatic heterocycles. The van der Waals surface area contributed by atoms with Crippen molar-refractivity contribution in [2.75, 3.05) is 0 Å². The minimum absolute atomic E-state index is 0.215. The van der Waals surface area contributed by atoms with Crippen LogP contribution in [0, 0.1) is 25.2 Å². The van der Waals surface area contributed by atoms with Gasteiger partial charge in [-0.15, -0.1) is 0 Å². The Morgan fingerprint density at radius 1 is 1.10 bits per heavy atom. The lowest BCUT2D eigenvalue weighted by molar-refractivity contribution is 0.469. The molecule has 0 aliphatic carbocycles. The molecule has 0 aliphatic heterocycles. The summed E-state index contributed by atoms with van der Waals surface area (Å²) < 4.78 is 5.58. The summed E-state index contributed by atoms with van der Waals surface area (Å²) >= 11 is 0. The minimum atomic E-state index is 0.215. The molecule has 0 saturated heterocycles. The number of nitrogens with zero attached hydrogens (tertiary/aromatic N) is 1. The topological polar surface area (TPSA) is 49.0 Å². The molecule has 0 bridgehead atoms. The Hall–Kier alpha value is -2.05. The second-order valence-electron chi connectivity index (χ2n) is 5.21. The van der Waals surface area contributed by atoms with E-state index in [2.05, 4.69) is 31.3 Å². The van der Waals surface area contributed by atoms with Crippen LogP contribution in [0.1, 0.15) is 54.1 Å². The van der Waals surface area contributed by atoms with E-state index >= 15 is 0 Å². The van der Waals surface area contributed by atoms with Crippen LogP contribution in [-0.2, 0) is 0 Å². The molecule has 0 amide bonds. The van der Waals surface area contributed by atoms with Gasteiger partial charge in [0.1, 0.15) is 11.5 Å². The van der Waals surface area contributed by atoms with E-state index in [0.29, 0.717) is 5.56 Å². The third kappa shape index (κ3) is 3.09. The van der Waals surface area contributed by atoms with Gasteiger partial charge in [0.15, 0.2) is 0 Å². The zero-order valence-corrected chi connectivity index (χ0v) is 12.4. The van der Waals surface area contributed by atoms with Crippen LogP contribution in [0.4, 0.5) is 0 Å². The molecular weight excluding hydrogens is 248 g/mol. The normalized spacial score (nSPS) is 13.8. The average molecular weight is 268 g/mol. The highest BCUT2D eigenvalue weighted by molar-refractivity contribution is 5.33. The zero-order chi connectivity index (χ0) is 14.7. The Bertz CT molecular complexity index is 619. The van der Waals surface area contributed by atoms with Gasteiger partial charge in [-0.2, -0.15) is 5.26 Å². The van der Waals surface area contributed by atoms with E-state index in [1.54, 1.807) is 0 Å². The summed E-state index contributed by atoms with van der Waals surface area (Å²) in [5.74, 6) is 1.91. The fourth-order valence-electron chi connectivity index (χ4n) is 2.49. The molecule has 3 heteroatoms. The summed E-state index contributed by atoms with van der Waals surface area (Å²) in [6, 6.07) is 12.4. The molecule has 0 fully saturated rings. The van der Waals surface area contributed by atoms with Crippen molar-refractivity contribution in [2.24, 2.45) is 0 Å². The third-order valence-corrected chi connectivity index (χ3v) is 3.59. The van der Waals surface area contributed by atoms with Gasteiger partial charge in [0.2, 0.25) is 0 Å². The van der Waals surface area contributed by atoms with E-state index < -0.39 is 0 Å². The fraction of sp³-hybridized carbons (Fsp3) is 0.353. The van der Waals surface area contributed by atoms with E-state index in [9.17, 15) is 0 Å². The average Bonchev–Trinajstić information content (AvgIpc) is 2.78. The molecule has 20 heavy (non-hydrogen) atoms. The predicted octanol–water partition coefficient (Wildman–Crippen LogP) is 4.18. The molecule has 0 spiro atoms. The Balaban J connectivity index is 2.08. The van der Waals surface area contributed by atoms with Crippen molar-refractivity contribution in [3.63, 3.8) is 0 Å². The maximum atomic E-state index is 8.82. The molecule has 0 radical (unpaired) electrons. The molecule has 2 unspecified atom stereocenters. The zero-order valence-electron chi connectivity index (χ0n) is 12.4. The minimum Gasteiger partial charge on any atom is -0.466 e. The van der Waals surface area contributed by atoms with Crippen molar-refractivity contribution < 1.29 is 4.42 Å². The summed E-state index contributed by atoms with van der Waals surface area (Å²) in [4.78, 5) is 0. The largest absolute Gasteiger partial charge is 0.466 e. The Morgan fingerprint density at radius 2 is 1.75 bits per heavy atom. The van der Waals surface area contributed by atoms with Crippen molar-refractivity contribution in [2.45, 2.75) is 39.8 Å². The summed E-state index contributed by atoms with van der Waals surface area (Å²) in [7, 11) is 0. The number of aryl methyl sites for hydroxylation is 2. The van der Waals surface area contributed by atoms with Gasteiger partial charge >= 0.3 is 0 Å². The summed E-state index contributed by atoms with van der Waals surface area (Å²) in [6.07, 6.45) is 0. The van der Waals surface area contributed by atoms with Crippen molar-refractivity contribution >= 4 is 0 Å². The van der Waals surface area contributed by atoms with Gasteiger partial charge in [-0.3, -0.25) is 0 Å². The highest BCUT2D eigenvalue weighted by Gasteiger charge is 2.15. The number of hydrogen-bond acceptors (Lipinski definition) is 3. The first-order valence-electron chi connectivity index (χ1n) is 6.84. The first kappa shape index (κ1) is 14.4. The molecule has 0 aliphatic rings. The molecule has 0 saturated carbocycles. The van der Waals surface area contributed by atoms with Crippen LogP contribution >= 0.6 is 0 Å². The van der Waals surface area contributed by atoms with Crippen molar-refractivity contribution in [3.05, 3.63) is 58.5 Å². The van der Waals surface area contributed by atoms with Gasteiger partial charge < -0.3 is 9.73 Å². The van der Waals surface area contributed by atoms with Gasteiger partial charge in [0.05, 0.1) is 11.6 Å². The van der Waals surface area contributed by atoms with Crippen LogP contribution in [-0.4, -0.2) is 0 Å². The third-order valence-electron chi connectivity index (χ3n) is 3.59. The number of hydrogen-bond donors (Lipinski definition) is 1. The maximum Gasteiger partial charge on any atom is 0.105 e. The van der Waals surface area contributed by atoms with Crippen LogP contribution in [0.5, 0.6) is 0 Å². The Kier molecular flexibility index (Phi) is 4.26. The van der Waals surface area contributed by atoms with E-state index in [1.807, 2.05) is 38.1 Å². The summed E-state index contributed by atoms with van der Waals surface area (Å²) in [6.45, 7) is 8.22. The van der Waals surface area contributed by atoms with Crippen LogP contribution < -0.4 is 5.32 Å². The highest BCUT2D eigenvalue weighted by atomic mass is 16.3. The number of furan rings is 1. The van der Waals surface area contributed by atoms with E-state index in [-0.39, 0.29) is 12.1 Å². The van der Waals surface area contributed by atoms with Gasteiger partial charge in [0.25, 0.3) is 0 Å². The fourth-order valence-corrected chi connectivity index (χ4v) is 2.49. The standard InChI is InChI=1S/C17H20N2O/c1-11-9-17(14(4)20-11)13(3)19-12(2)16-7-5-15(10-18)6-8-16/h5-9,12-13,19H,1-4H3. The van der Waals surface area contributed by atoms with Gasteiger partial charge in [-0.25, -0.2) is 0 Å². The molecule has 3 nitrogen and oxygen atoms in total. The molecular formula is C17H20N2O. The lowest BCUT2D eigenvalue weighted by Crippen LogP contribution is -2.22. The quantitative estimate of drug-likeness (QED) is 0.905. The lowest BCUT2D eigenvalue weighted by atomic mass is 10.0. The summed E-state index contributed by atoms with van der Waals surface area (Å²) in [5.41, 5.74) is 3.06. The summed E-state index contributed by atoms with van der Waals surface area (Å²) in [5, 5.41) is 12.4. The highest BCUT2D eigenvalue weighted by Crippen LogP contribution is 2.24. The molecule has 2 rings (SSSR count). The smallest absolute Gasteiger partial charge is 0.105 e. The van der Waals surface area contributed by atoms with Crippen molar-refractivity contribution in [1.82, 2.24) is 5.32 Å². The molecule has 1 N–H and O–H groups in total. The number of benzene rings is 1. The van der Waals surface area contributed by atoms with E-state index in [0.717, 1.165) is 11.5 Å². The SMILES string of the molecule is Cc1cc(C(C)NC(C)c2ccc(C#N)cc2)c(C)o1. The Morgan fingerprint density at radius 3 is 2.25 bits per heavy atom. The monoisotopic (exact) mass is 268 g/mol. The van der Waals surface area contributed by atoms with Crippen LogP contribution in [0.2, 0.25) is 0 Å². The first-order chi connectivity index (χ1) is 9.51. The molecule has 2 aromatic rings. The van der Waals surface area contributed by atoms with E-state index in [4.69, 9.17) is 9.68 Å². The maximum absolute atomic E-state index is 8.82. The molecule has 1 heterocycles. The van der Waals surface area contributed by atoms with Gasteiger partial charge in [0, 0.05) is 17.6 Å². The van der Waals surface area contributed by atoms with Crippen LogP contribution in [0.15, 0.2) is 34.7 Å². The number of nitriles is 1. The number of nitrogens with one attached hydrogen (secondary N) is 1. The lowest BCUT2D eigenvalue weighted by Gasteiger charge is -2.20. The predicted molar refractivity (Wildman–Crippen MR) is 79.3 cm³/mol. The Labute approximate surface area is 120 Å². The van der Waals surface area contributed by atoms with Crippen molar-refractivity contribution in [3.8, 4) is 6.07 Å². The second-order valence-corrected chi connectivity index (χ2v) is 5.21.